The normalized spacial score (nSPS) is 18.1. The van der Waals surface area contributed by atoms with Crippen LogP contribution in [0.2, 0.25) is 0 Å². The molecule has 0 bridgehead atoms. The third-order valence-corrected chi connectivity index (χ3v) is 6.56. The molecule has 0 radical (unpaired) electrons. The predicted octanol–water partition coefficient (Wildman–Crippen LogP) is 4.43. The van der Waals surface area contributed by atoms with Crippen LogP contribution in [0.4, 0.5) is 0 Å². The minimum atomic E-state index is -0.605. The molecule has 164 valence electrons. The summed E-state index contributed by atoms with van der Waals surface area (Å²) < 4.78 is 7.52. The summed E-state index contributed by atoms with van der Waals surface area (Å²) in [4.78, 5) is 30.7. The van der Waals surface area contributed by atoms with Crippen molar-refractivity contribution in [3.8, 4) is 11.4 Å². The van der Waals surface area contributed by atoms with Gasteiger partial charge in [-0.3, -0.25) is 9.59 Å². The number of hydrogen-bond acceptors (Lipinski definition) is 4. The third-order valence-electron chi connectivity index (χ3n) is 6.56. The van der Waals surface area contributed by atoms with Crippen molar-refractivity contribution in [2.45, 2.75) is 45.1 Å². The Kier molecular flexibility index (Phi) is 5.29. The molecule has 6 nitrogen and oxygen atoms in total. The number of benzene rings is 2. The Morgan fingerprint density at radius 2 is 1.94 bits per heavy atom. The average Bonchev–Trinajstić information content (AvgIpc) is 3.46. The number of aromatic nitrogens is 2. The molecule has 1 aromatic heterocycles. The number of fused-ring (bicyclic) bond motifs is 3. The first kappa shape index (κ1) is 20.5. The maximum Gasteiger partial charge on any atom is 0.227 e. The number of nitrogens with zero attached hydrogens (tertiary/aromatic N) is 2. The summed E-state index contributed by atoms with van der Waals surface area (Å²) in [7, 11) is 0. The topological polar surface area (TPSA) is 73.2 Å². The number of para-hydroxylation sites is 1. The van der Waals surface area contributed by atoms with Gasteiger partial charge in [0.1, 0.15) is 11.6 Å². The molecular weight excluding hydrogens is 402 g/mol. The Morgan fingerprint density at radius 1 is 1.16 bits per heavy atom. The summed E-state index contributed by atoms with van der Waals surface area (Å²) in [6, 6.07) is 15.3. The van der Waals surface area contributed by atoms with Crippen LogP contribution in [-0.2, 0) is 11.2 Å². The molecule has 5 rings (SSSR count). The Morgan fingerprint density at radius 3 is 2.69 bits per heavy atom. The summed E-state index contributed by atoms with van der Waals surface area (Å²) in [6.45, 7) is 2.51. The van der Waals surface area contributed by atoms with E-state index in [1.165, 1.54) is 5.56 Å². The molecule has 1 saturated carbocycles. The van der Waals surface area contributed by atoms with Gasteiger partial charge in [-0.05, 0) is 68.5 Å². The molecule has 1 amide bonds. The van der Waals surface area contributed by atoms with Crippen molar-refractivity contribution in [2.75, 3.05) is 6.61 Å². The SMILES string of the molecule is CCOc1ccc(C(=O)CC2(C(=O)N[C@@H]3CCc4ccccc4-n4ccnc43)CC2)cc1. The Hall–Kier alpha value is -3.41. The van der Waals surface area contributed by atoms with E-state index in [1.54, 1.807) is 30.5 Å². The van der Waals surface area contributed by atoms with Crippen LogP contribution in [0.5, 0.6) is 5.75 Å². The Bertz CT molecular complexity index is 1150. The monoisotopic (exact) mass is 429 g/mol. The van der Waals surface area contributed by atoms with Crippen molar-refractivity contribution in [3.63, 3.8) is 0 Å². The Balaban J connectivity index is 1.29. The number of hydrogen-bond donors (Lipinski definition) is 1. The van der Waals surface area contributed by atoms with Gasteiger partial charge < -0.3 is 14.6 Å². The van der Waals surface area contributed by atoms with Crippen molar-refractivity contribution in [2.24, 2.45) is 5.41 Å². The first-order valence-corrected chi connectivity index (χ1v) is 11.3. The van der Waals surface area contributed by atoms with Crippen molar-refractivity contribution >= 4 is 11.7 Å². The van der Waals surface area contributed by atoms with Gasteiger partial charge in [-0.15, -0.1) is 0 Å². The van der Waals surface area contributed by atoms with Crippen LogP contribution in [-0.4, -0.2) is 27.8 Å². The molecule has 0 saturated heterocycles. The molecular formula is C26H27N3O3. The highest BCUT2D eigenvalue weighted by Gasteiger charge is 2.51. The second kappa shape index (κ2) is 8.26. The summed E-state index contributed by atoms with van der Waals surface area (Å²) >= 11 is 0. The predicted molar refractivity (Wildman–Crippen MR) is 121 cm³/mol. The van der Waals surface area contributed by atoms with Crippen LogP contribution in [0.25, 0.3) is 5.69 Å². The van der Waals surface area contributed by atoms with Crippen LogP contribution in [0.3, 0.4) is 0 Å². The van der Waals surface area contributed by atoms with Crippen molar-refractivity contribution < 1.29 is 14.3 Å². The van der Waals surface area contributed by atoms with Gasteiger partial charge in [0.15, 0.2) is 5.78 Å². The smallest absolute Gasteiger partial charge is 0.227 e. The molecule has 6 heteroatoms. The van der Waals surface area contributed by atoms with Crippen molar-refractivity contribution in [1.29, 1.82) is 0 Å². The molecule has 2 aromatic carbocycles. The second-order valence-electron chi connectivity index (χ2n) is 8.69. The van der Waals surface area contributed by atoms with E-state index in [4.69, 9.17) is 4.74 Å². The molecule has 32 heavy (non-hydrogen) atoms. The summed E-state index contributed by atoms with van der Waals surface area (Å²) in [5, 5.41) is 3.23. The lowest BCUT2D eigenvalue weighted by Gasteiger charge is -2.21. The Labute approximate surface area is 187 Å². The van der Waals surface area contributed by atoms with E-state index in [2.05, 4.69) is 27.0 Å². The van der Waals surface area contributed by atoms with E-state index in [1.807, 2.05) is 25.3 Å². The first-order chi connectivity index (χ1) is 15.6. The lowest BCUT2D eigenvalue weighted by molar-refractivity contribution is -0.127. The lowest BCUT2D eigenvalue weighted by atomic mass is 9.94. The maximum absolute atomic E-state index is 13.3. The molecule has 1 aliphatic heterocycles. The standard InChI is InChI=1S/C26H27N3O3/c1-2-32-20-10-7-19(8-11-20)23(30)17-26(13-14-26)25(31)28-21-12-9-18-5-3-4-6-22(18)29-16-15-27-24(21)29/h3-8,10-11,15-16,21H,2,9,12-14,17H2,1H3,(H,28,31)/t21-/m1/s1. The number of ether oxygens (including phenoxy) is 1. The van der Waals surface area contributed by atoms with E-state index < -0.39 is 5.41 Å². The third kappa shape index (κ3) is 3.81. The largest absolute Gasteiger partial charge is 0.494 e. The molecule has 2 aliphatic rings. The molecule has 1 atom stereocenters. The van der Waals surface area contributed by atoms with Crippen molar-refractivity contribution in [3.05, 3.63) is 77.9 Å². The van der Waals surface area contributed by atoms with E-state index in [0.717, 1.165) is 42.9 Å². The van der Waals surface area contributed by atoms with Crippen LogP contribution < -0.4 is 10.1 Å². The molecule has 1 N–H and O–H groups in total. The summed E-state index contributed by atoms with van der Waals surface area (Å²) in [6.07, 6.45) is 7.07. The second-order valence-corrected chi connectivity index (χ2v) is 8.69. The maximum atomic E-state index is 13.3. The van der Waals surface area contributed by atoms with Gasteiger partial charge >= 0.3 is 0 Å². The summed E-state index contributed by atoms with van der Waals surface area (Å²) in [5.41, 5.74) is 2.37. The fourth-order valence-corrected chi connectivity index (χ4v) is 4.56. The van der Waals surface area contributed by atoms with E-state index in [0.29, 0.717) is 12.2 Å². The van der Waals surface area contributed by atoms with Gasteiger partial charge in [-0.25, -0.2) is 4.98 Å². The number of imidazole rings is 1. The zero-order chi connectivity index (χ0) is 22.1. The number of aryl methyl sites for hydroxylation is 1. The highest BCUT2D eigenvalue weighted by molar-refractivity contribution is 6.00. The number of carbonyl (C=O) groups is 2. The molecule has 1 fully saturated rings. The lowest BCUT2D eigenvalue weighted by Crippen LogP contribution is -2.37. The van der Waals surface area contributed by atoms with Gasteiger partial charge in [0, 0.05) is 30.1 Å². The minimum absolute atomic E-state index is 0.00419. The van der Waals surface area contributed by atoms with Crippen LogP contribution in [0.1, 0.15) is 60.4 Å². The van der Waals surface area contributed by atoms with Crippen LogP contribution in [0.15, 0.2) is 60.9 Å². The van der Waals surface area contributed by atoms with Gasteiger partial charge in [-0.1, -0.05) is 18.2 Å². The number of Topliss-reactive ketones (excluding diaryl/α,β-unsaturated/α-hetero) is 1. The van der Waals surface area contributed by atoms with Gasteiger partial charge in [0.25, 0.3) is 0 Å². The van der Waals surface area contributed by atoms with Gasteiger partial charge in [-0.2, -0.15) is 0 Å². The molecule has 3 aromatic rings. The highest BCUT2D eigenvalue weighted by atomic mass is 16.5. The number of rotatable bonds is 7. The quantitative estimate of drug-likeness (QED) is 0.564. The first-order valence-electron chi connectivity index (χ1n) is 11.3. The van der Waals surface area contributed by atoms with Gasteiger partial charge in [0.05, 0.1) is 18.1 Å². The van der Waals surface area contributed by atoms with Crippen molar-refractivity contribution in [1.82, 2.24) is 14.9 Å². The fraction of sp³-hybridized carbons (Fsp3) is 0.346. The molecule has 0 unspecified atom stereocenters. The average molecular weight is 430 g/mol. The number of carbonyl (C=O) groups excluding carboxylic acids is 2. The molecule has 1 aliphatic carbocycles. The van der Waals surface area contributed by atoms with Crippen LogP contribution >= 0.6 is 0 Å². The number of nitrogens with one attached hydrogen (secondary N) is 1. The zero-order valence-corrected chi connectivity index (χ0v) is 18.2. The van der Waals surface area contributed by atoms with E-state index in [9.17, 15) is 9.59 Å². The number of ketones is 1. The molecule has 2 heterocycles. The minimum Gasteiger partial charge on any atom is -0.494 e. The van der Waals surface area contributed by atoms with Crippen LogP contribution in [0, 0.1) is 5.41 Å². The number of amides is 1. The van der Waals surface area contributed by atoms with E-state index >= 15 is 0 Å². The van der Waals surface area contributed by atoms with Gasteiger partial charge in [0.2, 0.25) is 5.91 Å². The fourth-order valence-electron chi connectivity index (χ4n) is 4.56. The highest BCUT2D eigenvalue weighted by Crippen LogP contribution is 2.50. The molecule has 0 spiro atoms. The zero-order valence-electron chi connectivity index (χ0n) is 18.2. The van der Waals surface area contributed by atoms with E-state index in [-0.39, 0.29) is 24.2 Å². The summed E-state index contributed by atoms with van der Waals surface area (Å²) in [5.74, 6) is 1.54.